The molecule has 0 saturated carbocycles. The summed E-state index contributed by atoms with van der Waals surface area (Å²) in [5.74, 6) is -0.504. The number of carbonyl (C=O) groups is 1. The molecule has 9 heteroatoms. The van der Waals surface area contributed by atoms with Crippen LogP contribution in [0.15, 0.2) is 33.5 Å². The SMILES string of the molecule is CCOP(=O)(OCC)C1C(=O)n2c(C)cc(=O)n2-c2ccc(Br)cc21. The standard InChI is InChI=1S/C16H18BrN2O5P/c1-4-23-25(22,24-5-2)15-12-9-11(17)6-7-13(12)19-14(20)8-10(3)18(19)16(15)21/h6-9,15H,4-5H2,1-3H3. The number of nitrogens with zero attached hydrogens (tertiary/aromatic N) is 2. The monoisotopic (exact) mass is 428 g/mol. The number of rotatable bonds is 5. The Balaban J connectivity index is 2.34. The quantitative estimate of drug-likeness (QED) is 0.678. The second kappa shape index (κ2) is 6.68. The van der Waals surface area contributed by atoms with Gasteiger partial charge in [-0.25, -0.2) is 9.36 Å². The highest BCUT2D eigenvalue weighted by Crippen LogP contribution is 2.63. The van der Waals surface area contributed by atoms with Crippen molar-refractivity contribution >= 4 is 29.4 Å². The lowest BCUT2D eigenvalue weighted by molar-refractivity contribution is 0.0848. The number of fused-ring (bicyclic) bond motifs is 3. The number of carbonyl (C=O) groups excluding carboxylic acids is 1. The first-order valence-electron chi connectivity index (χ1n) is 7.88. The molecule has 134 valence electrons. The van der Waals surface area contributed by atoms with E-state index in [1.807, 2.05) is 0 Å². The number of halogens is 1. The van der Waals surface area contributed by atoms with E-state index in [1.165, 1.54) is 15.4 Å². The van der Waals surface area contributed by atoms with E-state index in [9.17, 15) is 14.2 Å². The van der Waals surface area contributed by atoms with Gasteiger partial charge >= 0.3 is 7.60 Å². The van der Waals surface area contributed by atoms with Crippen LogP contribution in [0, 0.1) is 6.92 Å². The van der Waals surface area contributed by atoms with Gasteiger partial charge in [0, 0.05) is 21.8 Å². The van der Waals surface area contributed by atoms with Crippen LogP contribution < -0.4 is 5.56 Å². The van der Waals surface area contributed by atoms with Crippen LogP contribution in [0.2, 0.25) is 0 Å². The Kier molecular flexibility index (Phi) is 4.90. The molecule has 0 aliphatic carbocycles. The van der Waals surface area contributed by atoms with E-state index >= 15 is 0 Å². The smallest absolute Gasteiger partial charge is 0.308 e. The molecule has 2 aromatic rings. The number of benzene rings is 1. The van der Waals surface area contributed by atoms with Crippen molar-refractivity contribution in [1.82, 2.24) is 9.36 Å². The third kappa shape index (κ3) is 2.87. The van der Waals surface area contributed by atoms with Gasteiger partial charge in [-0.2, -0.15) is 0 Å². The highest BCUT2D eigenvalue weighted by Gasteiger charge is 2.48. The Morgan fingerprint density at radius 3 is 2.36 bits per heavy atom. The summed E-state index contributed by atoms with van der Waals surface area (Å²) in [6, 6.07) is 6.52. The van der Waals surface area contributed by atoms with Crippen molar-refractivity contribution < 1.29 is 18.4 Å². The first kappa shape index (κ1) is 18.3. The summed E-state index contributed by atoms with van der Waals surface area (Å²) in [6.07, 6.45) is 0. The lowest BCUT2D eigenvalue weighted by Crippen LogP contribution is -2.36. The fourth-order valence-corrected chi connectivity index (χ4v) is 5.49. The maximum absolute atomic E-state index is 13.4. The molecular formula is C16H18BrN2O5P. The minimum absolute atomic E-state index is 0.141. The molecule has 1 aliphatic rings. The molecule has 1 aliphatic heterocycles. The summed E-state index contributed by atoms with van der Waals surface area (Å²) in [4.78, 5) is 25.5. The van der Waals surface area contributed by atoms with Gasteiger partial charge in [0.05, 0.1) is 18.9 Å². The van der Waals surface area contributed by atoms with Crippen molar-refractivity contribution in [2.75, 3.05) is 13.2 Å². The van der Waals surface area contributed by atoms with Crippen molar-refractivity contribution in [3.05, 3.63) is 50.3 Å². The van der Waals surface area contributed by atoms with Crippen molar-refractivity contribution in [3.8, 4) is 5.69 Å². The average molecular weight is 429 g/mol. The van der Waals surface area contributed by atoms with E-state index in [2.05, 4.69) is 15.9 Å². The van der Waals surface area contributed by atoms with Gasteiger partial charge in [0.2, 0.25) is 0 Å². The molecule has 2 heterocycles. The molecule has 0 fully saturated rings. The predicted molar refractivity (Wildman–Crippen MR) is 96.7 cm³/mol. The molecule has 0 bridgehead atoms. The lowest BCUT2D eigenvalue weighted by atomic mass is 10.1. The normalized spacial score (nSPS) is 16.6. The molecule has 1 unspecified atom stereocenters. The molecule has 1 atom stereocenters. The Morgan fingerprint density at radius 1 is 1.12 bits per heavy atom. The molecule has 0 amide bonds. The van der Waals surface area contributed by atoms with Crippen LogP contribution in [0.5, 0.6) is 0 Å². The van der Waals surface area contributed by atoms with E-state index in [0.29, 0.717) is 21.4 Å². The number of hydrogen-bond donors (Lipinski definition) is 0. The lowest BCUT2D eigenvalue weighted by Gasteiger charge is -2.32. The van der Waals surface area contributed by atoms with Crippen LogP contribution in [0.4, 0.5) is 0 Å². The molecule has 0 saturated heterocycles. The summed E-state index contributed by atoms with van der Waals surface area (Å²) in [6.45, 7) is 5.32. The van der Waals surface area contributed by atoms with E-state index in [-0.39, 0.29) is 18.8 Å². The maximum atomic E-state index is 13.4. The Morgan fingerprint density at radius 2 is 1.76 bits per heavy atom. The van der Waals surface area contributed by atoms with Crippen molar-refractivity contribution in [3.63, 3.8) is 0 Å². The maximum Gasteiger partial charge on any atom is 0.347 e. The van der Waals surface area contributed by atoms with Gasteiger partial charge in [-0.05, 0) is 39.0 Å². The summed E-state index contributed by atoms with van der Waals surface area (Å²) >= 11 is 3.37. The van der Waals surface area contributed by atoms with Crippen LogP contribution in [-0.4, -0.2) is 28.5 Å². The molecule has 1 aromatic carbocycles. The van der Waals surface area contributed by atoms with Crippen molar-refractivity contribution in [2.24, 2.45) is 0 Å². The van der Waals surface area contributed by atoms with Crippen LogP contribution in [0.1, 0.15) is 35.6 Å². The van der Waals surface area contributed by atoms with E-state index < -0.39 is 19.2 Å². The van der Waals surface area contributed by atoms with Crippen LogP contribution in [-0.2, 0) is 13.6 Å². The molecule has 7 nitrogen and oxygen atoms in total. The second-order valence-electron chi connectivity index (χ2n) is 5.57. The summed E-state index contributed by atoms with van der Waals surface area (Å²) in [7, 11) is -3.78. The zero-order valence-corrected chi connectivity index (χ0v) is 16.5. The van der Waals surface area contributed by atoms with Gasteiger partial charge < -0.3 is 9.05 Å². The molecule has 0 radical (unpaired) electrons. The van der Waals surface area contributed by atoms with Crippen LogP contribution >= 0.6 is 23.5 Å². The minimum Gasteiger partial charge on any atom is -0.308 e. The molecule has 0 spiro atoms. The minimum atomic E-state index is -3.78. The number of aromatic nitrogens is 2. The fourth-order valence-electron chi connectivity index (χ4n) is 3.09. The van der Waals surface area contributed by atoms with Crippen LogP contribution in [0.3, 0.4) is 0 Å². The zero-order chi connectivity index (χ0) is 18.4. The van der Waals surface area contributed by atoms with Gasteiger partial charge in [0.15, 0.2) is 5.66 Å². The van der Waals surface area contributed by atoms with E-state index in [1.54, 1.807) is 39.0 Å². The highest BCUT2D eigenvalue weighted by molar-refractivity contribution is 9.10. The molecule has 1 aromatic heterocycles. The number of aryl methyl sites for hydroxylation is 1. The summed E-state index contributed by atoms with van der Waals surface area (Å²) in [5.41, 5.74) is -0.0584. The highest BCUT2D eigenvalue weighted by atomic mass is 79.9. The van der Waals surface area contributed by atoms with Gasteiger partial charge in [-0.1, -0.05) is 15.9 Å². The largest absolute Gasteiger partial charge is 0.347 e. The Hall–Kier alpha value is -1.47. The van der Waals surface area contributed by atoms with Gasteiger partial charge in [-0.15, -0.1) is 0 Å². The first-order chi connectivity index (χ1) is 11.8. The van der Waals surface area contributed by atoms with Gasteiger partial charge in [0.1, 0.15) is 0 Å². The molecule has 3 rings (SSSR count). The third-order valence-corrected chi connectivity index (χ3v) is 6.83. The Bertz CT molecular complexity index is 938. The molecule has 0 N–H and O–H groups in total. The van der Waals surface area contributed by atoms with Crippen molar-refractivity contribution in [2.45, 2.75) is 26.4 Å². The third-order valence-electron chi connectivity index (χ3n) is 3.96. The second-order valence-corrected chi connectivity index (χ2v) is 8.59. The molecular weight excluding hydrogens is 411 g/mol. The summed E-state index contributed by atoms with van der Waals surface area (Å²) < 4.78 is 27.5. The van der Waals surface area contributed by atoms with Crippen molar-refractivity contribution in [1.29, 1.82) is 0 Å². The van der Waals surface area contributed by atoms with Crippen LogP contribution in [0.25, 0.3) is 5.69 Å². The van der Waals surface area contributed by atoms with E-state index in [0.717, 1.165) is 0 Å². The van der Waals surface area contributed by atoms with E-state index in [4.69, 9.17) is 9.05 Å². The predicted octanol–water partition coefficient (Wildman–Crippen LogP) is 3.67. The van der Waals surface area contributed by atoms with Gasteiger partial charge in [0.25, 0.3) is 11.5 Å². The average Bonchev–Trinajstić information content (AvgIpc) is 2.83. The molecule has 25 heavy (non-hydrogen) atoms. The Labute approximate surface area is 153 Å². The van der Waals surface area contributed by atoms with Gasteiger partial charge in [-0.3, -0.25) is 14.2 Å². The number of hydrogen-bond acceptors (Lipinski definition) is 5. The fraction of sp³-hybridized carbons (Fsp3) is 0.375. The summed E-state index contributed by atoms with van der Waals surface area (Å²) in [5, 5.41) is 0. The first-order valence-corrected chi connectivity index (χ1v) is 10.3. The topological polar surface area (TPSA) is 79.5 Å². The zero-order valence-electron chi connectivity index (χ0n) is 14.1.